The Hall–Kier alpha value is -3.06. The van der Waals surface area contributed by atoms with Gasteiger partial charge in [-0.25, -0.2) is 4.39 Å². The van der Waals surface area contributed by atoms with E-state index in [1.807, 2.05) is 6.92 Å². The molecule has 2 aromatic rings. The molecule has 0 saturated carbocycles. The van der Waals surface area contributed by atoms with E-state index in [2.05, 4.69) is 4.98 Å². The van der Waals surface area contributed by atoms with Gasteiger partial charge in [0.15, 0.2) is 10.9 Å². The van der Waals surface area contributed by atoms with Gasteiger partial charge in [-0.3, -0.25) is 14.7 Å². The number of amides is 1. The molecule has 3 rings (SSSR count). The molecule has 0 spiro atoms. The minimum atomic E-state index is -5.12. The number of carbonyl (C=O) groups excluding carboxylic acids is 1. The second kappa shape index (κ2) is 7.02. The van der Waals surface area contributed by atoms with E-state index in [1.165, 1.54) is 31.0 Å². The molecule has 0 atom stereocenters. The lowest BCUT2D eigenvalue weighted by atomic mass is 10.0. The summed E-state index contributed by atoms with van der Waals surface area (Å²) in [6, 6.07) is 4.84. The van der Waals surface area contributed by atoms with Crippen LogP contribution in [0.15, 0.2) is 24.4 Å². The second-order valence-corrected chi connectivity index (χ2v) is 7.71. The fraction of sp³-hybridized carbons (Fsp3) is 0.300. The number of anilines is 2. The number of nitrogens with zero attached hydrogens (tertiary/aromatic N) is 4. The van der Waals surface area contributed by atoms with Gasteiger partial charge in [0.25, 0.3) is 5.91 Å². The van der Waals surface area contributed by atoms with Crippen LogP contribution in [0.1, 0.15) is 36.2 Å². The number of halogens is 4. The summed E-state index contributed by atoms with van der Waals surface area (Å²) in [5.74, 6) is -2.43. The Bertz CT molecular complexity index is 1120. The van der Waals surface area contributed by atoms with Gasteiger partial charge in [-0.05, 0) is 63.7 Å². The molecule has 1 aromatic heterocycles. The summed E-state index contributed by atoms with van der Waals surface area (Å²) in [4.78, 5) is 19.5. The SMILES string of the molecule is Cc1cc(N2C(=S)N(c3ccc(C#N)c(C(F)(F)F)c3F)C(=O)C2(C)C)cnc1C. The number of hydrogen-bond donors (Lipinski definition) is 0. The Balaban J connectivity index is 2.19. The molecule has 1 aliphatic heterocycles. The highest BCUT2D eigenvalue weighted by Crippen LogP contribution is 2.41. The topological polar surface area (TPSA) is 60.2 Å². The highest BCUT2D eigenvalue weighted by Gasteiger charge is 2.52. The summed E-state index contributed by atoms with van der Waals surface area (Å²) in [6.45, 7) is 6.67. The van der Waals surface area contributed by atoms with Gasteiger partial charge in [0, 0.05) is 5.69 Å². The van der Waals surface area contributed by atoms with E-state index < -0.39 is 40.3 Å². The molecule has 5 nitrogen and oxygen atoms in total. The van der Waals surface area contributed by atoms with Gasteiger partial charge in [-0.1, -0.05) is 0 Å². The molecule has 0 radical (unpaired) electrons. The number of hydrogen-bond acceptors (Lipinski definition) is 4. The maximum Gasteiger partial charge on any atom is 0.420 e. The van der Waals surface area contributed by atoms with E-state index in [0.717, 1.165) is 28.3 Å². The van der Waals surface area contributed by atoms with Gasteiger partial charge in [0.05, 0.1) is 29.2 Å². The maximum absolute atomic E-state index is 15.0. The van der Waals surface area contributed by atoms with E-state index in [9.17, 15) is 22.4 Å². The summed E-state index contributed by atoms with van der Waals surface area (Å²) in [7, 11) is 0. The number of alkyl halides is 3. The van der Waals surface area contributed by atoms with E-state index in [-0.39, 0.29) is 5.11 Å². The predicted octanol–water partition coefficient (Wildman–Crippen LogP) is 4.64. The largest absolute Gasteiger partial charge is 0.420 e. The molecule has 156 valence electrons. The first-order valence-electron chi connectivity index (χ1n) is 8.74. The molecule has 30 heavy (non-hydrogen) atoms. The maximum atomic E-state index is 15.0. The molecular weight excluding hydrogens is 420 g/mol. The molecule has 2 heterocycles. The standard InChI is InChI=1S/C20H16F4N4OS/c1-10-7-13(9-26-11(10)2)28-18(30)27(17(29)19(28,3)4)14-6-5-12(8-25)15(16(14)21)20(22,23)24/h5-7,9H,1-4H3. The zero-order valence-corrected chi connectivity index (χ0v) is 17.2. The Labute approximate surface area is 175 Å². The minimum absolute atomic E-state index is 0.188. The minimum Gasteiger partial charge on any atom is -0.302 e. The van der Waals surface area contributed by atoms with Gasteiger partial charge < -0.3 is 4.90 Å². The summed E-state index contributed by atoms with van der Waals surface area (Å²) >= 11 is 5.38. The van der Waals surface area contributed by atoms with Crippen molar-refractivity contribution >= 4 is 34.6 Å². The first-order valence-corrected chi connectivity index (χ1v) is 9.15. The lowest BCUT2D eigenvalue weighted by molar-refractivity contribution is -0.140. The Morgan fingerprint density at radius 3 is 2.40 bits per heavy atom. The fourth-order valence-electron chi connectivity index (χ4n) is 3.30. The number of benzene rings is 1. The first kappa shape index (κ1) is 21.6. The normalized spacial score (nSPS) is 16.2. The van der Waals surface area contributed by atoms with Crippen LogP contribution in [-0.4, -0.2) is 21.5 Å². The summed E-state index contributed by atoms with van der Waals surface area (Å²) in [5, 5.41) is 8.76. The number of nitriles is 1. The smallest absolute Gasteiger partial charge is 0.302 e. The van der Waals surface area contributed by atoms with E-state index in [0.29, 0.717) is 5.69 Å². The molecule has 0 bridgehead atoms. The highest BCUT2D eigenvalue weighted by atomic mass is 32.1. The summed E-state index contributed by atoms with van der Waals surface area (Å²) < 4.78 is 55.1. The summed E-state index contributed by atoms with van der Waals surface area (Å²) in [6.07, 6.45) is -3.63. The van der Waals surface area contributed by atoms with Crippen LogP contribution >= 0.6 is 12.2 Å². The highest BCUT2D eigenvalue weighted by molar-refractivity contribution is 7.81. The van der Waals surface area contributed by atoms with Gasteiger partial charge in [-0.2, -0.15) is 18.4 Å². The Morgan fingerprint density at radius 2 is 1.87 bits per heavy atom. The molecular formula is C20H16F4N4OS. The average Bonchev–Trinajstić information content (AvgIpc) is 2.81. The Kier molecular flexibility index (Phi) is 5.07. The first-order chi connectivity index (χ1) is 13.8. The fourth-order valence-corrected chi connectivity index (χ4v) is 3.81. The molecule has 10 heteroatoms. The molecule has 1 aliphatic rings. The number of pyridine rings is 1. The van der Waals surface area contributed by atoms with Gasteiger partial charge in [0.2, 0.25) is 0 Å². The van der Waals surface area contributed by atoms with Crippen LogP contribution in [0.3, 0.4) is 0 Å². The van der Waals surface area contributed by atoms with Gasteiger partial charge >= 0.3 is 6.18 Å². The van der Waals surface area contributed by atoms with Crippen molar-refractivity contribution in [2.45, 2.75) is 39.4 Å². The monoisotopic (exact) mass is 436 g/mol. The molecule has 1 aromatic carbocycles. The molecule has 0 aliphatic carbocycles. The predicted molar refractivity (Wildman–Crippen MR) is 106 cm³/mol. The number of aromatic nitrogens is 1. The third-order valence-corrected chi connectivity index (χ3v) is 5.38. The van der Waals surface area contributed by atoms with Crippen LogP contribution in [-0.2, 0) is 11.0 Å². The van der Waals surface area contributed by atoms with Crippen molar-refractivity contribution in [3.63, 3.8) is 0 Å². The number of thiocarbonyl (C=S) groups is 1. The van der Waals surface area contributed by atoms with Crippen molar-refractivity contribution in [2.24, 2.45) is 0 Å². The lowest BCUT2D eigenvalue weighted by Gasteiger charge is -2.29. The van der Waals surface area contributed by atoms with Crippen LogP contribution in [0, 0.1) is 31.0 Å². The molecule has 1 saturated heterocycles. The van der Waals surface area contributed by atoms with E-state index in [4.69, 9.17) is 17.5 Å². The third kappa shape index (κ3) is 3.19. The van der Waals surface area contributed by atoms with E-state index in [1.54, 1.807) is 13.0 Å². The number of aryl methyl sites for hydroxylation is 2. The van der Waals surface area contributed by atoms with Crippen LogP contribution in [0.2, 0.25) is 0 Å². The van der Waals surface area contributed by atoms with Crippen molar-refractivity contribution in [2.75, 3.05) is 9.80 Å². The van der Waals surface area contributed by atoms with Crippen molar-refractivity contribution < 1.29 is 22.4 Å². The van der Waals surface area contributed by atoms with Crippen LogP contribution in [0.5, 0.6) is 0 Å². The molecule has 1 amide bonds. The quantitative estimate of drug-likeness (QED) is 0.507. The Morgan fingerprint density at radius 1 is 1.23 bits per heavy atom. The lowest BCUT2D eigenvalue weighted by Crippen LogP contribution is -2.44. The molecule has 0 N–H and O–H groups in total. The zero-order valence-electron chi connectivity index (χ0n) is 16.4. The van der Waals surface area contributed by atoms with Crippen molar-refractivity contribution in [1.29, 1.82) is 5.26 Å². The zero-order chi connectivity index (χ0) is 22.6. The summed E-state index contributed by atoms with van der Waals surface area (Å²) in [5.41, 5.74) is -2.55. The van der Waals surface area contributed by atoms with Crippen LogP contribution in [0.4, 0.5) is 28.9 Å². The molecule has 1 fully saturated rings. The number of carbonyl (C=O) groups is 1. The van der Waals surface area contributed by atoms with Crippen molar-refractivity contribution in [3.05, 3.63) is 52.6 Å². The third-order valence-electron chi connectivity index (χ3n) is 5.02. The van der Waals surface area contributed by atoms with Crippen LogP contribution < -0.4 is 9.80 Å². The molecule has 0 unspecified atom stereocenters. The van der Waals surface area contributed by atoms with Crippen LogP contribution in [0.25, 0.3) is 0 Å². The van der Waals surface area contributed by atoms with Crippen molar-refractivity contribution in [1.82, 2.24) is 4.98 Å². The number of rotatable bonds is 2. The van der Waals surface area contributed by atoms with E-state index >= 15 is 0 Å². The average molecular weight is 436 g/mol. The second-order valence-electron chi connectivity index (χ2n) is 7.34. The van der Waals surface area contributed by atoms with Gasteiger partial charge in [0.1, 0.15) is 11.1 Å². The van der Waals surface area contributed by atoms with Gasteiger partial charge in [-0.15, -0.1) is 0 Å². The van der Waals surface area contributed by atoms with Crippen molar-refractivity contribution in [3.8, 4) is 6.07 Å².